The highest BCUT2D eigenvalue weighted by Gasteiger charge is 2.53. The Balaban J connectivity index is 2.12. The van der Waals surface area contributed by atoms with Crippen LogP contribution in [0.5, 0.6) is 11.5 Å². The lowest BCUT2D eigenvalue weighted by Crippen LogP contribution is -2.45. The topological polar surface area (TPSA) is 38.7 Å². The highest BCUT2D eigenvalue weighted by atomic mass is 16.7. The van der Waals surface area contributed by atoms with Gasteiger partial charge in [-0.2, -0.15) is 0 Å². The molecular formula is C15H18O3. The van der Waals surface area contributed by atoms with Crippen molar-refractivity contribution in [2.45, 2.75) is 31.0 Å². The number of hydrogen-bond donors (Lipinski definition) is 1. The van der Waals surface area contributed by atoms with E-state index in [9.17, 15) is 5.11 Å². The SMILES string of the molecule is C=C[C@@H]1CCC[C@@]2(OC)Oc3ccc(O)cc3[C@@H]12. The second-order valence-corrected chi connectivity index (χ2v) is 5.11. The molecule has 0 aromatic heterocycles. The molecule has 1 N–H and O–H groups in total. The third-order valence-electron chi connectivity index (χ3n) is 4.22. The molecule has 0 unspecified atom stereocenters. The molecule has 1 saturated carbocycles. The average molecular weight is 246 g/mol. The summed E-state index contributed by atoms with van der Waals surface area (Å²) in [6, 6.07) is 5.27. The van der Waals surface area contributed by atoms with Crippen LogP contribution in [0.3, 0.4) is 0 Å². The molecule has 0 amide bonds. The molecule has 96 valence electrons. The molecule has 1 heterocycles. The first-order valence-corrected chi connectivity index (χ1v) is 6.40. The van der Waals surface area contributed by atoms with Crippen molar-refractivity contribution in [1.29, 1.82) is 0 Å². The Kier molecular flexibility index (Phi) is 2.59. The number of fused-ring (bicyclic) bond motifs is 3. The maximum absolute atomic E-state index is 9.68. The van der Waals surface area contributed by atoms with Crippen LogP contribution in [0.4, 0.5) is 0 Å². The molecule has 1 aromatic rings. The normalized spacial score (nSPS) is 33.4. The van der Waals surface area contributed by atoms with E-state index in [1.54, 1.807) is 19.2 Å². The Morgan fingerprint density at radius 2 is 2.39 bits per heavy atom. The van der Waals surface area contributed by atoms with Gasteiger partial charge < -0.3 is 14.6 Å². The van der Waals surface area contributed by atoms with Gasteiger partial charge in [-0.15, -0.1) is 6.58 Å². The van der Waals surface area contributed by atoms with Gasteiger partial charge in [-0.3, -0.25) is 0 Å². The van der Waals surface area contributed by atoms with E-state index >= 15 is 0 Å². The molecule has 0 saturated heterocycles. The fourth-order valence-electron chi connectivity index (χ4n) is 3.40. The Morgan fingerprint density at radius 1 is 1.56 bits per heavy atom. The predicted molar refractivity (Wildman–Crippen MR) is 68.8 cm³/mol. The molecule has 3 nitrogen and oxygen atoms in total. The number of aromatic hydroxyl groups is 1. The van der Waals surface area contributed by atoms with E-state index < -0.39 is 5.79 Å². The van der Waals surface area contributed by atoms with E-state index in [-0.39, 0.29) is 11.7 Å². The van der Waals surface area contributed by atoms with Crippen molar-refractivity contribution in [3.05, 3.63) is 36.4 Å². The Bertz CT molecular complexity index is 483. The summed E-state index contributed by atoms with van der Waals surface area (Å²) in [6.45, 7) is 3.93. The van der Waals surface area contributed by atoms with Crippen LogP contribution in [0, 0.1) is 5.92 Å². The zero-order valence-electron chi connectivity index (χ0n) is 10.6. The summed E-state index contributed by atoms with van der Waals surface area (Å²) in [7, 11) is 1.70. The molecule has 1 aromatic carbocycles. The maximum atomic E-state index is 9.68. The van der Waals surface area contributed by atoms with Crippen molar-refractivity contribution < 1.29 is 14.6 Å². The largest absolute Gasteiger partial charge is 0.508 e. The number of methoxy groups -OCH3 is 1. The van der Waals surface area contributed by atoms with Gasteiger partial charge in [-0.1, -0.05) is 6.08 Å². The molecule has 0 spiro atoms. The lowest BCUT2D eigenvalue weighted by Gasteiger charge is -2.40. The van der Waals surface area contributed by atoms with E-state index in [0.29, 0.717) is 5.92 Å². The van der Waals surface area contributed by atoms with Gasteiger partial charge in [0.1, 0.15) is 11.5 Å². The Labute approximate surface area is 107 Å². The molecule has 2 aliphatic rings. The number of phenols is 1. The number of hydrogen-bond acceptors (Lipinski definition) is 3. The van der Waals surface area contributed by atoms with Crippen molar-refractivity contribution >= 4 is 0 Å². The van der Waals surface area contributed by atoms with Crippen LogP contribution < -0.4 is 4.74 Å². The van der Waals surface area contributed by atoms with Crippen molar-refractivity contribution in [3.63, 3.8) is 0 Å². The van der Waals surface area contributed by atoms with Crippen molar-refractivity contribution in [2.75, 3.05) is 7.11 Å². The molecule has 3 atom stereocenters. The average Bonchev–Trinajstić information content (AvgIpc) is 2.73. The first-order chi connectivity index (χ1) is 8.70. The van der Waals surface area contributed by atoms with Gasteiger partial charge in [0.15, 0.2) is 0 Å². The molecule has 1 aliphatic heterocycles. The number of ether oxygens (including phenoxy) is 2. The van der Waals surface area contributed by atoms with Crippen LogP contribution in [-0.4, -0.2) is 18.0 Å². The lowest BCUT2D eigenvalue weighted by atomic mass is 9.72. The number of benzene rings is 1. The van der Waals surface area contributed by atoms with Crippen molar-refractivity contribution in [2.24, 2.45) is 5.92 Å². The standard InChI is InChI=1S/C15H18O3/c1-3-10-5-4-8-15(17-2)14(10)12-9-11(16)6-7-13(12)18-15/h3,6-7,9-10,14,16H,1,4-5,8H2,2H3/t10-,14-,15-/m1/s1. The quantitative estimate of drug-likeness (QED) is 0.814. The smallest absolute Gasteiger partial charge is 0.217 e. The van der Waals surface area contributed by atoms with Crippen LogP contribution in [0.1, 0.15) is 30.7 Å². The molecule has 1 aliphatic carbocycles. The summed E-state index contributed by atoms with van der Waals surface area (Å²) in [5.74, 6) is 0.997. The molecular weight excluding hydrogens is 228 g/mol. The van der Waals surface area contributed by atoms with E-state index in [1.165, 1.54) is 0 Å². The van der Waals surface area contributed by atoms with Gasteiger partial charge in [0.2, 0.25) is 5.79 Å². The highest BCUT2D eigenvalue weighted by Crippen LogP contribution is 2.55. The summed E-state index contributed by atoms with van der Waals surface area (Å²) in [4.78, 5) is 0. The fraction of sp³-hybridized carbons (Fsp3) is 0.467. The van der Waals surface area contributed by atoms with Crippen molar-refractivity contribution in [3.8, 4) is 11.5 Å². The predicted octanol–water partition coefficient (Wildman–Crippen LogP) is 3.20. The molecule has 0 bridgehead atoms. The van der Waals surface area contributed by atoms with Crippen LogP contribution in [0.15, 0.2) is 30.9 Å². The van der Waals surface area contributed by atoms with Gasteiger partial charge >= 0.3 is 0 Å². The fourth-order valence-corrected chi connectivity index (χ4v) is 3.40. The number of phenolic OH excluding ortho intramolecular Hbond substituents is 1. The minimum atomic E-state index is -0.576. The van der Waals surface area contributed by atoms with Gasteiger partial charge in [-0.05, 0) is 37.0 Å². The van der Waals surface area contributed by atoms with Crippen molar-refractivity contribution in [1.82, 2.24) is 0 Å². The minimum absolute atomic E-state index is 0.135. The van der Waals surface area contributed by atoms with Gasteiger partial charge in [-0.25, -0.2) is 0 Å². The summed E-state index contributed by atoms with van der Waals surface area (Å²) in [6.07, 6.45) is 5.03. The molecule has 3 rings (SSSR count). The molecule has 0 radical (unpaired) electrons. The second-order valence-electron chi connectivity index (χ2n) is 5.11. The zero-order valence-corrected chi connectivity index (χ0v) is 10.6. The third-order valence-corrected chi connectivity index (χ3v) is 4.22. The van der Waals surface area contributed by atoms with Crippen LogP contribution in [0.25, 0.3) is 0 Å². The second kappa shape index (κ2) is 4.02. The summed E-state index contributed by atoms with van der Waals surface area (Å²) in [5, 5.41) is 9.68. The minimum Gasteiger partial charge on any atom is -0.508 e. The number of allylic oxidation sites excluding steroid dienone is 1. The van der Waals surface area contributed by atoms with E-state index in [0.717, 1.165) is 30.6 Å². The highest BCUT2D eigenvalue weighted by molar-refractivity contribution is 5.47. The number of rotatable bonds is 2. The Hall–Kier alpha value is -1.48. The van der Waals surface area contributed by atoms with E-state index in [1.807, 2.05) is 12.1 Å². The third kappa shape index (κ3) is 1.47. The van der Waals surface area contributed by atoms with E-state index in [2.05, 4.69) is 6.58 Å². The van der Waals surface area contributed by atoms with Crippen LogP contribution in [-0.2, 0) is 4.74 Å². The maximum Gasteiger partial charge on any atom is 0.217 e. The molecule has 3 heteroatoms. The monoisotopic (exact) mass is 246 g/mol. The summed E-state index contributed by atoms with van der Waals surface area (Å²) >= 11 is 0. The first kappa shape index (κ1) is 11.6. The van der Waals surface area contributed by atoms with Gasteiger partial charge in [0.05, 0.1) is 5.92 Å². The first-order valence-electron chi connectivity index (χ1n) is 6.40. The molecule has 18 heavy (non-hydrogen) atoms. The van der Waals surface area contributed by atoms with Crippen LogP contribution >= 0.6 is 0 Å². The van der Waals surface area contributed by atoms with Gasteiger partial charge in [0.25, 0.3) is 0 Å². The van der Waals surface area contributed by atoms with Crippen LogP contribution in [0.2, 0.25) is 0 Å². The van der Waals surface area contributed by atoms with E-state index in [4.69, 9.17) is 9.47 Å². The zero-order chi connectivity index (χ0) is 12.8. The molecule has 1 fully saturated rings. The lowest BCUT2D eigenvalue weighted by molar-refractivity contribution is -0.188. The van der Waals surface area contributed by atoms with Gasteiger partial charge in [0, 0.05) is 19.1 Å². The summed E-state index contributed by atoms with van der Waals surface area (Å²) in [5.41, 5.74) is 1.04. The Morgan fingerprint density at radius 3 is 3.11 bits per heavy atom. The summed E-state index contributed by atoms with van der Waals surface area (Å²) < 4.78 is 11.8.